The van der Waals surface area contributed by atoms with Crippen molar-refractivity contribution in [1.29, 1.82) is 0 Å². The Labute approximate surface area is 83.9 Å². The second-order valence-corrected chi connectivity index (χ2v) is 3.17. The Balaban J connectivity index is 2.90. The molecule has 1 rings (SSSR count). The Hall–Kier alpha value is -1.58. The molecule has 1 aromatic heterocycles. The average molecular weight is 193 g/mol. The van der Waals surface area contributed by atoms with Gasteiger partial charge >= 0.3 is 0 Å². The molecule has 0 aliphatic rings. The molecule has 0 atom stereocenters. The lowest BCUT2D eigenvalue weighted by molar-refractivity contribution is -0.115. The van der Waals surface area contributed by atoms with Gasteiger partial charge in [-0.2, -0.15) is 0 Å². The second kappa shape index (κ2) is 4.60. The highest BCUT2D eigenvalue weighted by atomic mass is 16.1. The number of rotatable bonds is 3. The van der Waals surface area contributed by atoms with Crippen LogP contribution in [0.25, 0.3) is 0 Å². The minimum Gasteiger partial charge on any atom is -0.361 e. The van der Waals surface area contributed by atoms with Crippen LogP contribution in [-0.4, -0.2) is 25.0 Å². The van der Waals surface area contributed by atoms with Crippen molar-refractivity contribution in [3.8, 4) is 0 Å². The largest absolute Gasteiger partial charge is 0.361 e. The smallest absolute Gasteiger partial charge is 0.224 e. The van der Waals surface area contributed by atoms with E-state index >= 15 is 0 Å². The van der Waals surface area contributed by atoms with Gasteiger partial charge in [0.15, 0.2) is 5.82 Å². The van der Waals surface area contributed by atoms with Crippen molar-refractivity contribution in [2.24, 2.45) is 0 Å². The van der Waals surface area contributed by atoms with Crippen LogP contribution in [0.2, 0.25) is 0 Å². The monoisotopic (exact) mass is 193 g/mol. The van der Waals surface area contributed by atoms with Gasteiger partial charge in [0.05, 0.1) is 5.69 Å². The van der Waals surface area contributed by atoms with Crippen LogP contribution < -0.4 is 10.2 Å². The molecule has 0 aromatic carbocycles. The first-order valence-corrected chi connectivity index (χ1v) is 4.57. The molecule has 14 heavy (non-hydrogen) atoms. The third kappa shape index (κ3) is 2.45. The Morgan fingerprint density at radius 2 is 2.29 bits per heavy atom. The zero-order valence-corrected chi connectivity index (χ0v) is 8.74. The molecule has 1 heterocycles. The van der Waals surface area contributed by atoms with Gasteiger partial charge in [-0.15, -0.1) is 0 Å². The summed E-state index contributed by atoms with van der Waals surface area (Å²) in [7, 11) is 3.79. The van der Waals surface area contributed by atoms with Crippen LogP contribution >= 0.6 is 0 Å². The summed E-state index contributed by atoms with van der Waals surface area (Å²) in [5.41, 5.74) is 0.754. The molecule has 0 saturated carbocycles. The topological polar surface area (TPSA) is 45.2 Å². The van der Waals surface area contributed by atoms with Crippen molar-refractivity contribution in [3.63, 3.8) is 0 Å². The van der Waals surface area contributed by atoms with E-state index < -0.39 is 0 Å². The third-order valence-corrected chi connectivity index (χ3v) is 1.81. The number of carbonyl (C=O) groups is 1. The first-order chi connectivity index (χ1) is 6.65. The van der Waals surface area contributed by atoms with E-state index in [1.165, 1.54) is 0 Å². The van der Waals surface area contributed by atoms with Crippen LogP contribution in [0.5, 0.6) is 0 Å². The Morgan fingerprint density at radius 1 is 1.57 bits per heavy atom. The summed E-state index contributed by atoms with van der Waals surface area (Å²) in [5.74, 6) is 0.774. The Kier molecular flexibility index (Phi) is 3.45. The molecule has 1 amide bonds. The van der Waals surface area contributed by atoms with Crippen LogP contribution in [0.3, 0.4) is 0 Å². The van der Waals surface area contributed by atoms with E-state index in [9.17, 15) is 4.79 Å². The van der Waals surface area contributed by atoms with Crippen LogP contribution in [0.15, 0.2) is 18.3 Å². The molecule has 1 aromatic rings. The summed E-state index contributed by atoms with van der Waals surface area (Å²) in [6.45, 7) is 1.82. The van der Waals surface area contributed by atoms with Gasteiger partial charge < -0.3 is 10.2 Å². The fraction of sp³-hybridized carbons (Fsp3) is 0.400. The first-order valence-electron chi connectivity index (χ1n) is 4.57. The van der Waals surface area contributed by atoms with Gasteiger partial charge in [-0.3, -0.25) is 4.79 Å². The molecule has 0 bridgehead atoms. The van der Waals surface area contributed by atoms with Gasteiger partial charge in [-0.25, -0.2) is 4.98 Å². The van der Waals surface area contributed by atoms with E-state index in [2.05, 4.69) is 10.3 Å². The quantitative estimate of drug-likeness (QED) is 0.791. The molecule has 0 fully saturated rings. The maximum Gasteiger partial charge on any atom is 0.224 e. The van der Waals surface area contributed by atoms with Crippen LogP contribution in [-0.2, 0) is 4.79 Å². The summed E-state index contributed by atoms with van der Waals surface area (Å²) in [4.78, 5) is 17.2. The van der Waals surface area contributed by atoms with E-state index in [4.69, 9.17) is 0 Å². The summed E-state index contributed by atoms with van der Waals surface area (Å²) in [6.07, 6.45) is 2.18. The second-order valence-electron chi connectivity index (χ2n) is 3.17. The Bertz CT molecular complexity index is 323. The molecule has 0 radical (unpaired) electrons. The fourth-order valence-corrected chi connectivity index (χ4v) is 1.09. The van der Waals surface area contributed by atoms with E-state index in [0.29, 0.717) is 6.42 Å². The van der Waals surface area contributed by atoms with Crippen molar-refractivity contribution < 1.29 is 4.79 Å². The molecule has 4 nitrogen and oxygen atoms in total. The molecule has 76 valence electrons. The van der Waals surface area contributed by atoms with Gasteiger partial charge in [0.25, 0.3) is 0 Å². The molecular weight excluding hydrogens is 178 g/mol. The van der Waals surface area contributed by atoms with E-state index in [-0.39, 0.29) is 5.91 Å². The number of nitrogens with one attached hydrogen (secondary N) is 1. The lowest BCUT2D eigenvalue weighted by Gasteiger charge is -2.15. The normalized spacial score (nSPS) is 9.64. The van der Waals surface area contributed by atoms with Gasteiger partial charge in [0.1, 0.15) is 0 Å². The predicted octanol–water partition coefficient (Wildman–Crippen LogP) is 1.50. The molecule has 0 spiro atoms. The third-order valence-electron chi connectivity index (χ3n) is 1.81. The zero-order valence-electron chi connectivity index (χ0n) is 8.74. The maximum atomic E-state index is 11.2. The molecule has 0 saturated heterocycles. The minimum absolute atomic E-state index is 0.00102. The van der Waals surface area contributed by atoms with E-state index in [1.54, 1.807) is 12.3 Å². The first kappa shape index (κ1) is 10.5. The minimum atomic E-state index is 0.00102. The highest BCUT2D eigenvalue weighted by Gasteiger charge is 2.06. The predicted molar refractivity (Wildman–Crippen MR) is 57.5 cm³/mol. The summed E-state index contributed by atoms with van der Waals surface area (Å²) in [6, 6.07) is 3.65. The number of aromatic nitrogens is 1. The van der Waals surface area contributed by atoms with Crippen LogP contribution in [0, 0.1) is 0 Å². The van der Waals surface area contributed by atoms with Crippen molar-refractivity contribution in [3.05, 3.63) is 18.3 Å². The molecule has 0 unspecified atom stereocenters. The number of nitrogens with zero attached hydrogens (tertiary/aromatic N) is 2. The van der Waals surface area contributed by atoms with Crippen molar-refractivity contribution >= 4 is 17.4 Å². The van der Waals surface area contributed by atoms with Crippen molar-refractivity contribution in [1.82, 2.24) is 4.98 Å². The number of amides is 1. The van der Waals surface area contributed by atoms with Gasteiger partial charge in [-0.05, 0) is 12.1 Å². The number of hydrogen-bond acceptors (Lipinski definition) is 3. The Morgan fingerprint density at radius 3 is 2.86 bits per heavy atom. The highest BCUT2D eigenvalue weighted by molar-refractivity contribution is 5.93. The number of carbonyl (C=O) groups excluding carboxylic acids is 1. The van der Waals surface area contributed by atoms with Crippen molar-refractivity contribution in [2.75, 3.05) is 24.3 Å². The maximum absolute atomic E-state index is 11.2. The molecule has 0 aliphatic heterocycles. The van der Waals surface area contributed by atoms with Gasteiger partial charge in [0.2, 0.25) is 5.91 Å². The zero-order chi connectivity index (χ0) is 10.6. The lowest BCUT2D eigenvalue weighted by Crippen LogP contribution is -2.16. The standard InChI is InChI=1S/C10H15N3O/c1-4-9(14)12-8-6-5-7-11-10(8)13(2)3/h5-7H,4H2,1-3H3,(H,12,14). The molecule has 0 aliphatic carbocycles. The lowest BCUT2D eigenvalue weighted by atomic mass is 10.3. The van der Waals surface area contributed by atoms with E-state index in [1.807, 2.05) is 32.0 Å². The summed E-state index contributed by atoms with van der Waals surface area (Å²) >= 11 is 0. The van der Waals surface area contributed by atoms with Gasteiger partial charge in [0, 0.05) is 26.7 Å². The number of hydrogen-bond donors (Lipinski definition) is 1. The average Bonchev–Trinajstić information content (AvgIpc) is 2.18. The van der Waals surface area contributed by atoms with Crippen molar-refractivity contribution in [2.45, 2.75) is 13.3 Å². The molecule has 1 N–H and O–H groups in total. The SMILES string of the molecule is CCC(=O)Nc1cccnc1N(C)C. The van der Waals surface area contributed by atoms with Gasteiger partial charge in [-0.1, -0.05) is 6.92 Å². The number of anilines is 2. The summed E-state index contributed by atoms with van der Waals surface area (Å²) < 4.78 is 0. The fourth-order valence-electron chi connectivity index (χ4n) is 1.09. The van der Waals surface area contributed by atoms with E-state index in [0.717, 1.165) is 11.5 Å². The molecular formula is C10H15N3O. The molecule has 4 heteroatoms. The number of pyridine rings is 1. The highest BCUT2D eigenvalue weighted by Crippen LogP contribution is 2.20. The van der Waals surface area contributed by atoms with Crippen LogP contribution in [0.1, 0.15) is 13.3 Å². The summed E-state index contributed by atoms with van der Waals surface area (Å²) in [5, 5.41) is 2.80. The van der Waals surface area contributed by atoms with Crippen LogP contribution in [0.4, 0.5) is 11.5 Å².